The van der Waals surface area contributed by atoms with Crippen LogP contribution >= 0.6 is 23.2 Å². The molecule has 22 heavy (non-hydrogen) atoms. The van der Waals surface area contributed by atoms with Gasteiger partial charge >= 0.3 is 0 Å². The summed E-state index contributed by atoms with van der Waals surface area (Å²) in [6, 6.07) is 16.1. The number of hydrogen-bond acceptors (Lipinski definition) is 3. The highest BCUT2D eigenvalue weighted by molar-refractivity contribution is 8.04. The number of benzene rings is 2. The van der Waals surface area contributed by atoms with Crippen molar-refractivity contribution in [3.8, 4) is 11.1 Å². The molecule has 0 radical (unpaired) electrons. The largest absolute Gasteiger partial charge is 0.804 e. The third-order valence-corrected chi connectivity index (χ3v) is 3.84. The lowest BCUT2D eigenvalue weighted by Crippen LogP contribution is -2.47. The van der Waals surface area contributed by atoms with Gasteiger partial charge in [0.05, 0.1) is 5.69 Å². The Morgan fingerprint density at radius 3 is 2.50 bits per heavy atom. The van der Waals surface area contributed by atoms with Crippen molar-refractivity contribution in [1.82, 2.24) is 5.01 Å². The maximum absolute atomic E-state index is 12.4. The predicted molar refractivity (Wildman–Crippen MR) is 98.0 cm³/mol. The second-order valence-electron chi connectivity index (χ2n) is 5.00. The second-order valence-corrected chi connectivity index (χ2v) is 6.22. The monoisotopic (exact) mass is 329 g/mol. The van der Waals surface area contributed by atoms with Gasteiger partial charge in [0, 0.05) is 29.1 Å². The zero-order valence-electron chi connectivity index (χ0n) is 12.7. The van der Waals surface area contributed by atoms with Crippen LogP contribution in [-0.4, -0.2) is 28.6 Å². The van der Waals surface area contributed by atoms with Gasteiger partial charge in [-0.05, 0) is 30.8 Å². The first-order valence-corrected chi connectivity index (χ1v) is 7.98. The van der Waals surface area contributed by atoms with Gasteiger partial charge in [-0.2, -0.15) is 0 Å². The minimum atomic E-state index is -0.180. The fraction of sp³-hybridized carbons (Fsp3) is 0.176. The lowest BCUT2D eigenvalue weighted by Gasteiger charge is -2.36. The van der Waals surface area contributed by atoms with Crippen LogP contribution in [0.2, 0.25) is 0 Å². The van der Waals surface area contributed by atoms with E-state index in [1.807, 2.05) is 50.5 Å². The van der Waals surface area contributed by atoms with E-state index in [0.717, 1.165) is 27.8 Å². The van der Waals surface area contributed by atoms with E-state index in [-0.39, 0.29) is 5.17 Å². The Kier molecular flexibility index (Phi) is 5.66. The van der Waals surface area contributed by atoms with Crippen molar-refractivity contribution >= 4 is 38.3 Å². The first kappa shape index (κ1) is 16.6. The molecule has 0 fully saturated rings. The number of hydrogen-bond donors (Lipinski definition) is 0. The predicted octanol–water partition coefficient (Wildman–Crippen LogP) is 2.96. The second kappa shape index (κ2) is 7.49. The Balaban J connectivity index is 2.65. The normalized spacial score (nSPS) is 10.2. The number of nitrogens with zero attached hydrogens (tertiary/aromatic N) is 2. The van der Waals surface area contributed by atoms with Gasteiger partial charge in [0.25, 0.3) is 0 Å². The summed E-state index contributed by atoms with van der Waals surface area (Å²) in [6.45, 7) is 2.05. The van der Waals surface area contributed by atoms with Gasteiger partial charge in [-0.25, -0.2) is 5.01 Å². The van der Waals surface area contributed by atoms with Gasteiger partial charge in [-0.3, -0.25) is 5.01 Å². The van der Waals surface area contributed by atoms with E-state index in [1.165, 1.54) is 5.56 Å². The summed E-state index contributed by atoms with van der Waals surface area (Å²) in [7, 11) is 4.54. The molecule has 2 aromatic rings. The fourth-order valence-corrected chi connectivity index (χ4v) is 2.90. The molecule has 0 aromatic heterocycles. The molecule has 0 bridgehead atoms. The Labute approximate surface area is 139 Å². The Bertz CT molecular complexity index is 761. The number of hydrazine groups is 1. The minimum Gasteiger partial charge on any atom is -0.804 e. The minimum absolute atomic E-state index is 0.180. The Hall–Kier alpha value is -1.75. The lowest BCUT2D eigenvalue weighted by molar-refractivity contribution is -0.214. The summed E-state index contributed by atoms with van der Waals surface area (Å²) < 4.78 is 2.42. The maximum atomic E-state index is 12.4. The number of anilines is 1. The van der Waals surface area contributed by atoms with E-state index in [0.29, 0.717) is 0 Å². The van der Waals surface area contributed by atoms with Crippen LogP contribution in [0.1, 0.15) is 5.56 Å². The summed E-state index contributed by atoms with van der Waals surface area (Å²) >= 11 is 4.67. The van der Waals surface area contributed by atoms with Crippen molar-refractivity contribution < 1.29 is 5.11 Å². The number of thiocarbonyl (C=S) groups is 1. The van der Waals surface area contributed by atoms with Crippen LogP contribution in [0.3, 0.4) is 0 Å². The molecule has 0 aliphatic rings. The van der Waals surface area contributed by atoms with Gasteiger partial charge in [0.2, 0.25) is 0 Å². The van der Waals surface area contributed by atoms with E-state index in [2.05, 4.69) is 35.6 Å². The third kappa shape index (κ3) is 3.71. The molecule has 0 atom stereocenters. The molecule has 0 amide bonds. The molecular weight excluding hydrogens is 312 g/mol. The highest BCUT2D eigenvalue weighted by atomic mass is 32.1. The van der Waals surface area contributed by atoms with Gasteiger partial charge in [0.15, 0.2) is 0 Å². The van der Waals surface area contributed by atoms with Crippen LogP contribution in [0.4, 0.5) is 5.69 Å². The lowest BCUT2D eigenvalue weighted by atomic mass is 10.0. The zero-order chi connectivity index (χ0) is 16.1. The van der Waals surface area contributed by atoms with Crippen molar-refractivity contribution in [3.63, 3.8) is 0 Å². The molecule has 0 spiro atoms. The summed E-state index contributed by atoms with van der Waals surface area (Å²) in [5, 5.41) is 15.5. The maximum Gasteiger partial charge on any atom is 0.0649 e. The number of para-hydroxylation sites is 1. The average molecular weight is 329 g/mol. The van der Waals surface area contributed by atoms with Crippen molar-refractivity contribution in [3.05, 3.63) is 54.1 Å². The first-order valence-electron chi connectivity index (χ1n) is 6.76. The topological polar surface area (TPSA) is 29.5 Å². The van der Waals surface area contributed by atoms with Crippen molar-refractivity contribution in [2.75, 3.05) is 19.1 Å². The van der Waals surface area contributed by atoms with Crippen LogP contribution in [0.15, 0.2) is 48.5 Å². The van der Waals surface area contributed by atoms with E-state index in [1.54, 1.807) is 10.0 Å². The SMILES string of the molecule is Cc1cccc(-c2ccccc2N(C([O-])=S=C=S)N(C)C)c1. The number of aryl methyl sites for hydroxylation is 1. The highest BCUT2D eigenvalue weighted by Gasteiger charge is 2.13. The zero-order valence-corrected chi connectivity index (χ0v) is 14.4. The van der Waals surface area contributed by atoms with Gasteiger partial charge in [-0.1, -0.05) is 59.0 Å². The molecule has 0 aliphatic carbocycles. The van der Waals surface area contributed by atoms with Gasteiger partial charge in [0.1, 0.15) is 0 Å². The standard InChI is InChI=1S/C17H18N2OS2/c1-13-7-6-8-14(11-13)15-9-4-5-10-16(15)19(18(2)3)17(20)22-12-21/h4-11,20H,1-3H3/p-1. The third-order valence-electron chi connectivity index (χ3n) is 3.16. The van der Waals surface area contributed by atoms with E-state index in [4.69, 9.17) is 0 Å². The van der Waals surface area contributed by atoms with Crippen LogP contribution in [0.25, 0.3) is 11.1 Å². The molecular formula is C17H17N2OS2-. The first-order chi connectivity index (χ1) is 10.5. The fourth-order valence-electron chi connectivity index (χ4n) is 2.27. The smallest absolute Gasteiger partial charge is 0.0649 e. The van der Waals surface area contributed by atoms with E-state index >= 15 is 0 Å². The Morgan fingerprint density at radius 1 is 1.14 bits per heavy atom. The van der Waals surface area contributed by atoms with Crippen LogP contribution in [-0.2, 0) is 0 Å². The molecule has 0 saturated heterocycles. The van der Waals surface area contributed by atoms with Gasteiger partial charge in [-0.15, -0.1) is 0 Å². The summed E-state index contributed by atoms with van der Waals surface area (Å²) in [5.74, 6) is 0. The molecule has 2 rings (SSSR count). The molecule has 0 N–H and O–H groups in total. The van der Waals surface area contributed by atoms with Gasteiger partial charge < -0.3 is 5.11 Å². The van der Waals surface area contributed by atoms with Crippen molar-refractivity contribution in [1.29, 1.82) is 0 Å². The summed E-state index contributed by atoms with van der Waals surface area (Å²) in [4.78, 5) is 0. The molecule has 0 heterocycles. The number of rotatable bonds is 3. The molecule has 2 aromatic carbocycles. The van der Waals surface area contributed by atoms with Crippen LogP contribution in [0, 0.1) is 6.92 Å². The summed E-state index contributed by atoms with van der Waals surface area (Å²) in [6.07, 6.45) is 0. The van der Waals surface area contributed by atoms with Crippen LogP contribution in [0.5, 0.6) is 0 Å². The molecule has 0 unspecified atom stereocenters. The van der Waals surface area contributed by atoms with E-state index < -0.39 is 0 Å². The molecule has 3 nitrogen and oxygen atoms in total. The van der Waals surface area contributed by atoms with Crippen LogP contribution < -0.4 is 10.1 Å². The summed E-state index contributed by atoms with van der Waals surface area (Å²) in [5.41, 5.74) is 4.07. The molecule has 114 valence electrons. The average Bonchev–Trinajstić information content (AvgIpc) is 2.48. The van der Waals surface area contributed by atoms with Crippen molar-refractivity contribution in [2.45, 2.75) is 6.92 Å². The quantitative estimate of drug-likeness (QED) is 0.640. The highest BCUT2D eigenvalue weighted by Crippen LogP contribution is 2.31. The van der Waals surface area contributed by atoms with Crippen molar-refractivity contribution in [2.24, 2.45) is 0 Å². The molecule has 0 aliphatic heterocycles. The van der Waals surface area contributed by atoms with E-state index in [9.17, 15) is 5.11 Å². The molecule has 5 heteroatoms. The molecule has 0 saturated carbocycles. The Morgan fingerprint density at radius 2 is 1.86 bits per heavy atom.